The number of ether oxygens (including phenoxy) is 1. The standard InChI is InChI=1S/C13H15NO4S/c1-18-11-4-2-10(3-5-11)14-12-8-19(16,17)7-9(12)6-13(14)15/h2-5,9,12H,6-8H2,1H3/t9-,12+/m1/s1. The highest BCUT2D eigenvalue weighted by Gasteiger charge is 2.49. The fourth-order valence-corrected chi connectivity index (χ4v) is 5.04. The van der Waals surface area contributed by atoms with Crippen LogP contribution >= 0.6 is 0 Å². The highest BCUT2D eigenvalue weighted by Crippen LogP contribution is 2.37. The van der Waals surface area contributed by atoms with Crippen molar-refractivity contribution in [2.75, 3.05) is 23.5 Å². The number of nitrogens with zero attached hydrogens (tertiary/aromatic N) is 1. The molecule has 5 nitrogen and oxygen atoms in total. The summed E-state index contributed by atoms with van der Waals surface area (Å²) in [5.41, 5.74) is 0.746. The van der Waals surface area contributed by atoms with Gasteiger partial charge in [-0.15, -0.1) is 0 Å². The van der Waals surface area contributed by atoms with E-state index < -0.39 is 9.84 Å². The minimum absolute atomic E-state index is 0.00932. The molecule has 102 valence electrons. The van der Waals surface area contributed by atoms with E-state index in [1.165, 1.54) is 0 Å². The Hall–Kier alpha value is -1.56. The van der Waals surface area contributed by atoms with Crippen LogP contribution in [0.1, 0.15) is 6.42 Å². The third-order valence-electron chi connectivity index (χ3n) is 3.82. The van der Waals surface area contributed by atoms with Crippen LogP contribution in [0.3, 0.4) is 0 Å². The lowest BCUT2D eigenvalue weighted by atomic mass is 10.0. The summed E-state index contributed by atoms with van der Waals surface area (Å²) in [6, 6.07) is 6.94. The Morgan fingerprint density at radius 1 is 1.21 bits per heavy atom. The maximum atomic E-state index is 12.1. The quantitative estimate of drug-likeness (QED) is 0.806. The third-order valence-corrected chi connectivity index (χ3v) is 5.61. The summed E-state index contributed by atoms with van der Waals surface area (Å²) in [5, 5.41) is 0. The molecule has 0 unspecified atom stereocenters. The lowest BCUT2D eigenvalue weighted by molar-refractivity contribution is -0.117. The molecule has 2 aliphatic rings. The molecule has 2 saturated heterocycles. The van der Waals surface area contributed by atoms with Gasteiger partial charge in [0.05, 0.1) is 24.7 Å². The van der Waals surface area contributed by atoms with Crippen LogP contribution in [-0.2, 0) is 14.6 Å². The average molecular weight is 281 g/mol. The van der Waals surface area contributed by atoms with Crippen molar-refractivity contribution >= 4 is 21.4 Å². The van der Waals surface area contributed by atoms with Gasteiger partial charge in [0.15, 0.2) is 9.84 Å². The molecular formula is C13H15NO4S. The van der Waals surface area contributed by atoms with E-state index in [4.69, 9.17) is 4.74 Å². The van der Waals surface area contributed by atoms with Crippen LogP contribution in [-0.4, -0.2) is 39.0 Å². The van der Waals surface area contributed by atoms with Gasteiger partial charge in [-0.25, -0.2) is 8.42 Å². The first-order chi connectivity index (χ1) is 9.00. The highest BCUT2D eigenvalue weighted by molar-refractivity contribution is 7.91. The SMILES string of the molecule is COc1ccc(N2C(=O)C[C@@H]3CS(=O)(=O)C[C@@H]32)cc1. The number of fused-ring (bicyclic) bond motifs is 1. The molecule has 0 spiro atoms. The van der Waals surface area contributed by atoms with E-state index in [0.29, 0.717) is 12.2 Å². The van der Waals surface area contributed by atoms with Gasteiger partial charge < -0.3 is 9.64 Å². The zero-order valence-corrected chi connectivity index (χ0v) is 11.4. The number of benzene rings is 1. The molecule has 2 atom stereocenters. The lowest BCUT2D eigenvalue weighted by Crippen LogP contribution is -2.36. The second-order valence-corrected chi connectivity index (χ2v) is 7.22. The minimum Gasteiger partial charge on any atom is -0.497 e. The topological polar surface area (TPSA) is 63.7 Å². The lowest BCUT2D eigenvalue weighted by Gasteiger charge is -2.23. The smallest absolute Gasteiger partial charge is 0.227 e. The van der Waals surface area contributed by atoms with E-state index in [9.17, 15) is 13.2 Å². The predicted molar refractivity (Wildman–Crippen MR) is 71.0 cm³/mol. The maximum absolute atomic E-state index is 12.1. The molecule has 2 aliphatic heterocycles. The van der Waals surface area contributed by atoms with Crippen molar-refractivity contribution in [3.05, 3.63) is 24.3 Å². The highest BCUT2D eigenvalue weighted by atomic mass is 32.2. The number of carbonyl (C=O) groups is 1. The molecule has 0 saturated carbocycles. The van der Waals surface area contributed by atoms with E-state index in [0.717, 1.165) is 5.69 Å². The summed E-state index contributed by atoms with van der Waals surface area (Å²) >= 11 is 0. The number of hydrogen-bond donors (Lipinski definition) is 0. The van der Waals surface area contributed by atoms with Gasteiger partial charge in [-0.2, -0.15) is 0 Å². The summed E-state index contributed by atoms with van der Waals surface area (Å²) in [6.07, 6.45) is 0.329. The van der Waals surface area contributed by atoms with Crippen molar-refractivity contribution in [2.24, 2.45) is 5.92 Å². The summed E-state index contributed by atoms with van der Waals surface area (Å²) in [7, 11) is -1.42. The van der Waals surface area contributed by atoms with E-state index >= 15 is 0 Å². The molecule has 0 aliphatic carbocycles. The Morgan fingerprint density at radius 2 is 1.89 bits per heavy atom. The first-order valence-electron chi connectivity index (χ1n) is 6.17. The van der Waals surface area contributed by atoms with Crippen LogP contribution in [0, 0.1) is 5.92 Å². The number of rotatable bonds is 2. The van der Waals surface area contributed by atoms with Crippen molar-refractivity contribution < 1.29 is 17.9 Å². The molecule has 6 heteroatoms. The monoisotopic (exact) mass is 281 g/mol. The van der Waals surface area contributed by atoms with Gasteiger partial charge >= 0.3 is 0 Å². The maximum Gasteiger partial charge on any atom is 0.227 e. The first-order valence-corrected chi connectivity index (χ1v) is 7.99. The molecule has 0 aromatic heterocycles. The second kappa shape index (κ2) is 4.23. The van der Waals surface area contributed by atoms with Crippen molar-refractivity contribution in [2.45, 2.75) is 12.5 Å². The van der Waals surface area contributed by atoms with Gasteiger partial charge in [0.25, 0.3) is 0 Å². The Balaban J connectivity index is 1.92. The normalized spacial score (nSPS) is 28.5. The largest absolute Gasteiger partial charge is 0.497 e. The molecule has 3 rings (SSSR count). The molecular weight excluding hydrogens is 266 g/mol. The summed E-state index contributed by atoms with van der Waals surface area (Å²) < 4.78 is 28.4. The van der Waals surface area contributed by atoms with Crippen LogP contribution in [0.15, 0.2) is 24.3 Å². The molecule has 1 aromatic rings. The molecule has 0 N–H and O–H groups in total. The van der Waals surface area contributed by atoms with E-state index in [-0.39, 0.29) is 29.4 Å². The number of amides is 1. The summed E-state index contributed by atoms with van der Waals surface area (Å²) in [4.78, 5) is 13.7. The van der Waals surface area contributed by atoms with Crippen molar-refractivity contribution in [1.82, 2.24) is 0 Å². The van der Waals surface area contributed by atoms with E-state index in [2.05, 4.69) is 0 Å². The Bertz CT molecular complexity index is 608. The molecule has 2 fully saturated rings. The summed E-state index contributed by atoms with van der Waals surface area (Å²) in [5.74, 6) is 0.881. The van der Waals surface area contributed by atoms with Gasteiger partial charge in [0.2, 0.25) is 5.91 Å². The molecule has 1 aromatic carbocycles. The third kappa shape index (κ3) is 2.10. The molecule has 2 heterocycles. The Labute approximate surface area is 112 Å². The first kappa shape index (κ1) is 12.5. The second-order valence-electron chi connectivity index (χ2n) is 5.07. The van der Waals surface area contributed by atoms with Gasteiger partial charge in [0, 0.05) is 18.0 Å². The number of carbonyl (C=O) groups excluding carboxylic acids is 1. The Morgan fingerprint density at radius 3 is 2.53 bits per heavy atom. The number of anilines is 1. The van der Waals surface area contributed by atoms with Crippen LogP contribution in [0.2, 0.25) is 0 Å². The average Bonchev–Trinajstić information content (AvgIpc) is 2.79. The zero-order valence-electron chi connectivity index (χ0n) is 10.6. The van der Waals surface area contributed by atoms with Gasteiger partial charge in [0.1, 0.15) is 5.75 Å². The van der Waals surface area contributed by atoms with E-state index in [1.807, 2.05) is 0 Å². The molecule has 19 heavy (non-hydrogen) atoms. The molecule has 1 amide bonds. The Kier molecular flexibility index (Phi) is 2.78. The zero-order chi connectivity index (χ0) is 13.6. The van der Waals surface area contributed by atoms with Gasteiger partial charge in [-0.05, 0) is 24.3 Å². The minimum atomic E-state index is -3.00. The van der Waals surface area contributed by atoms with Crippen molar-refractivity contribution in [3.63, 3.8) is 0 Å². The van der Waals surface area contributed by atoms with Crippen LogP contribution in [0.25, 0.3) is 0 Å². The van der Waals surface area contributed by atoms with Crippen molar-refractivity contribution in [1.29, 1.82) is 0 Å². The van der Waals surface area contributed by atoms with Gasteiger partial charge in [-0.1, -0.05) is 0 Å². The fraction of sp³-hybridized carbons (Fsp3) is 0.462. The van der Waals surface area contributed by atoms with Gasteiger partial charge in [-0.3, -0.25) is 4.79 Å². The van der Waals surface area contributed by atoms with Crippen LogP contribution in [0.5, 0.6) is 5.75 Å². The molecule has 0 bridgehead atoms. The summed E-state index contributed by atoms with van der Waals surface area (Å²) in [6.45, 7) is 0. The number of methoxy groups -OCH3 is 1. The molecule has 0 radical (unpaired) electrons. The van der Waals surface area contributed by atoms with Crippen molar-refractivity contribution in [3.8, 4) is 5.75 Å². The number of sulfone groups is 1. The fourth-order valence-electron chi connectivity index (χ4n) is 2.97. The van der Waals surface area contributed by atoms with E-state index in [1.54, 1.807) is 36.3 Å². The van der Waals surface area contributed by atoms with Crippen LogP contribution in [0.4, 0.5) is 5.69 Å². The predicted octanol–water partition coefficient (Wildman–Crippen LogP) is 0.845. The number of hydrogen-bond acceptors (Lipinski definition) is 4. The van der Waals surface area contributed by atoms with Crippen LogP contribution < -0.4 is 9.64 Å².